The molecule has 0 bridgehead atoms. The number of pyridine rings is 1. The molecule has 0 N–H and O–H groups in total. The Bertz CT molecular complexity index is 462. The van der Waals surface area contributed by atoms with Crippen LogP contribution < -0.4 is 0 Å². The van der Waals surface area contributed by atoms with Crippen molar-refractivity contribution < 1.29 is 0 Å². The summed E-state index contributed by atoms with van der Waals surface area (Å²) in [5.41, 5.74) is 2.05. The minimum absolute atomic E-state index is 0.735. The highest BCUT2D eigenvalue weighted by atomic mass is 35.5. The third-order valence-electron chi connectivity index (χ3n) is 2.28. The van der Waals surface area contributed by atoms with Crippen LogP contribution in [0.3, 0.4) is 0 Å². The number of likely N-dealkylation sites (N-methyl/N-ethyl adjacent to an activating group) is 1. The van der Waals surface area contributed by atoms with Crippen LogP contribution in [0.2, 0.25) is 5.02 Å². The van der Waals surface area contributed by atoms with Gasteiger partial charge in [-0.2, -0.15) is 0 Å². The smallest absolute Gasteiger partial charge is 0.137 e. The molecule has 0 aliphatic rings. The lowest BCUT2D eigenvalue weighted by molar-refractivity contribution is 0.412. The van der Waals surface area contributed by atoms with Crippen LogP contribution >= 0.6 is 11.6 Å². The number of fused-ring (bicyclic) bond motifs is 1. The summed E-state index contributed by atoms with van der Waals surface area (Å²) in [5.74, 6) is 0. The quantitative estimate of drug-likeness (QED) is 0.795. The maximum absolute atomic E-state index is 5.90. The molecule has 80 valence electrons. The summed E-state index contributed by atoms with van der Waals surface area (Å²) in [5, 5.41) is 0.735. The first-order valence-corrected chi connectivity index (χ1v) is 5.31. The number of nitrogens with zero attached hydrogens (tertiary/aromatic N) is 3. The minimum atomic E-state index is 0.735. The van der Waals surface area contributed by atoms with Crippen LogP contribution in [0.15, 0.2) is 24.5 Å². The molecule has 2 aromatic rings. The second kappa shape index (κ2) is 4.21. The van der Waals surface area contributed by atoms with Crippen molar-refractivity contribution in [1.29, 1.82) is 0 Å². The summed E-state index contributed by atoms with van der Waals surface area (Å²) in [6, 6.07) is 3.79. The summed E-state index contributed by atoms with van der Waals surface area (Å²) in [6.45, 7) is 1.01. The maximum Gasteiger partial charge on any atom is 0.137 e. The molecule has 0 aromatic carbocycles. The lowest BCUT2D eigenvalue weighted by Gasteiger charge is -2.06. The topological polar surface area (TPSA) is 20.5 Å². The van der Waals surface area contributed by atoms with Gasteiger partial charge in [-0.05, 0) is 26.2 Å². The van der Waals surface area contributed by atoms with E-state index < -0.39 is 0 Å². The van der Waals surface area contributed by atoms with Crippen LogP contribution in [-0.2, 0) is 6.42 Å². The Balaban J connectivity index is 2.23. The molecular formula is C11H14ClN3. The first kappa shape index (κ1) is 10.5. The van der Waals surface area contributed by atoms with Crippen LogP contribution in [0.4, 0.5) is 0 Å². The highest BCUT2D eigenvalue weighted by Crippen LogP contribution is 2.11. The van der Waals surface area contributed by atoms with Gasteiger partial charge in [0.2, 0.25) is 0 Å². The molecule has 3 nitrogen and oxygen atoms in total. The first-order chi connectivity index (χ1) is 7.15. The number of rotatable bonds is 3. The van der Waals surface area contributed by atoms with Crippen molar-refractivity contribution >= 4 is 17.2 Å². The molecule has 0 amide bonds. The van der Waals surface area contributed by atoms with Gasteiger partial charge in [0.1, 0.15) is 5.65 Å². The number of hydrogen-bond acceptors (Lipinski definition) is 2. The number of hydrogen-bond donors (Lipinski definition) is 0. The molecule has 4 heteroatoms. The van der Waals surface area contributed by atoms with E-state index >= 15 is 0 Å². The fourth-order valence-electron chi connectivity index (χ4n) is 1.48. The highest BCUT2D eigenvalue weighted by molar-refractivity contribution is 6.30. The van der Waals surface area contributed by atoms with Crippen molar-refractivity contribution in [3.05, 3.63) is 35.2 Å². The largest absolute Gasteiger partial charge is 0.309 e. The Hall–Kier alpha value is -1.06. The van der Waals surface area contributed by atoms with E-state index in [0.717, 1.165) is 29.3 Å². The van der Waals surface area contributed by atoms with Crippen molar-refractivity contribution in [3.8, 4) is 0 Å². The van der Waals surface area contributed by atoms with Crippen LogP contribution in [-0.4, -0.2) is 34.9 Å². The molecule has 15 heavy (non-hydrogen) atoms. The van der Waals surface area contributed by atoms with Gasteiger partial charge in [0, 0.05) is 25.4 Å². The minimum Gasteiger partial charge on any atom is -0.309 e. The standard InChI is InChI=1S/C11H14ClN3/c1-14(2)6-5-10-8-15-7-9(12)3-4-11(15)13-10/h3-4,7-8H,5-6H2,1-2H3. The van der Waals surface area contributed by atoms with Crippen molar-refractivity contribution in [1.82, 2.24) is 14.3 Å². The van der Waals surface area contributed by atoms with E-state index in [9.17, 15) is 0 Å². The second-order valence-electron chi connectivity index (χ2n) is 3.90. The monoisotopic (exact) mass is 223 g/mol. The van der Waals surface area contributed by atoms with E-state index in [1.165, 1.54) is 0 Å². The molecule has 0 saturated carbocycles. The number of aromatic nitrogens is 2. The van der Waals surface area contributed by atoms with E-state index in [0.29, 0.717) is 0 Å². The molecule has 0 radical (unpaired) electrons. The molecule has 0 saturated heterocycles. The summed E-state index contributed by atoms with van der Waals surface area (Å²) in [4.78, 5) is 6.65. The molecule has 0 aliphatic heterocycles. The van der Waals surface area contributed by atoms with Crippen LogP contribution in [0.5, 0.6) is 0 Å². The molecule has 0 fully saturated rings. The fourth-order valence-corrected chi connectivity index (χ4v) is 1.64. The van der Waals surface area contributed by atoms with Gasteiger partial charge in [0.05, 0.1) is 10.7 Å². The Kier molecular flexibility index (Phi) is 2.93. The Morgan fingerprint density at radius 3 is 2.87 bits per heavy atom. The molecule has 0 unspecified atom stereocenters. The highest BCUT2D eigenvalue weighted by Gasteiger charge is 2.02. The third kappa shape index (κ3) is 2.49. The lowest BCUT2D eigenvalue weighted by atomic mass is 10.3. The summed E-state index contributed by atoms with van der Waals surface area (Å²) >= 11 is 5.90. The fraction of sp³-hybridized carbons (Fsp3) is 0.364. The van der Waals surface area contributed by atoms with Gasteiger partial charge in [-0.3, -0.25) is 0 Å². The summed E-state index contributed by atoms with van der Waals surface area (Å²) in [6.07, 6.45) is 4.88. The molecule has 0 atom stereocenters. The van der Waals surface area contributed by atoms with E-state index in [1.54, 1.807) is 0 Å². The average molecular weight is 224 g/mol. The van der Waals surface area contributed by atoms with Crippen molar-refractivity contribution in [2.45, 2.75) is 6.42 Å². The summed E-state index contributed by atoms with van der Waals surface area (Å²) in [7, 11) is 4.12. The SMILES string of the molecule is CN(C)CCc1cn2cc(Cl)ccc2n1. The molecular weight excluding hydrogens is 210 g/mol. The molecule has 2 heterocycles. The van der Waals surface area contributed by atoms with Gasteiger partial charge in [0.25, 0.3) is 0 Å². The molecule has 0 aliphatic carbocycles. The van der Waals surface area contributed by atoms with Crippen molar-refractivity contribution in [2.24, 2.45) is 0 Å². The van der Waals surface area contributed by atoms with Crippen LogP contribution in [0, 0.1) is 0 Å². The van der Waals surface area contributed by atoms with Gasteiger partial charge in [-0.15, -0.1) is 0 Å². The predicted molar refractivity (Wildman–Crippen MR) is 62.5 cm³/mol. The molecule has 2 rings (SSSR count). The van der Waals surface area contributed by atoms with Gasteiger partial charge >= 0.3 is 0 Å². The zero-order chi connectivity index (χ0) is 10.8. The molecule has 0 spiro atoms. The zero-order valence-electron chi connectivity index (χ0n) is 8.94. The van der Waals surface area contributed by atoms with Crippen LogP contribution in [0.1, 0.15) is 5.69 Å². The number of imidazole rings is 1. The van der Waals surface area contributed by atoms with Crippen LogP contribution in [0.25, 0.3) is 5.65 Å². The molecule has 2 aromatic heterocycles. The lowest BCUT2D eigenvalue weighted by Crippen LogP contribution is -2.15. The summed E-state index contributed by atoms with van der Waals surface area (Å²) < 4.78 is 1.97. The normalized spacial score (nSPS) is 11.5. The zero-order valence-corrected chi connectivity index (χ0v) is 9.70. The maximum atomic E-state index is 5.90. The Morgan fingerprint density at radius 2 is 2.13 bits per heavy atom. The second-order valence-corrected chi connectivity index (χ2v) is 4.33. The van der Waals surface area contributed by atoms with Gasteiger partial charge in [-0.1, -0.05) is 11.6 Å². The van der Waals surface area contributed by atoms with E-state index in [2.05, 4.69) is 24.0 Å². The van der Waals surface area contributed by atoms with E-state index in [4.69, 9.17) is 11.6 Å². The van der Waals surface area contributed by atoms with Crippen molar-refractivity contribution in [2.75, 3.05) is 20.6 Å². The van der Waals surface area contributed by atoms with E-state index in [-0.39, 0.29) is 0 Å². The van der Waals surface area contributed by atoms with E-state index in [1.807, 2.05) is 28.9 Å². The first-order valence-electron chi connectivity index (χ1n) is 4.93. The predicted octanol–water partition coefficient (Wildman–Crippen LogP) is 2.09. The van der Waals surface area contributed by atoms with Gasteiger partial charge in [0.15, 0.2) is 0 Å². The van der Waals surface area contributed by atoms with Gasteiger partial charge in [-0.25, -0.2) is 4.98 Å². The third-order valence-corrected chi connectivity index (χ3v) is 2.50. The Labute approximate surface area is 94.3 Å². The van der Waals surface area contributed by atoms with Crippen molar-refractivity contribution in [3.63, 3.8) is 0 Å². The average Bonchev–Trinajstić information content (AvgIpc) is 2.56. The number of halogens is 1. The van der Waals surface area contributed by atoms with Gasteiger partial charge < -0.3 is 9.30 Å². The Morgan fingerprint density at radius 1 is 1.33 bits per heavy atom.